The summed E-state index contributed by atoms with van der Waals surface area (Å²) >= 11 is 6.27. The second kappa shape index (κ2) is 4.74. The highest BCUT2D eigenvalue weighted by Crippen LogP contribution is 2.32. The molecule has 2 nitrogen and oxygen atoms in total. The van der Waals surface area contributed by atoms with Crippen molar-refractivity contribution in [1.82, 2.24) is 4.90 Å². The quantitative estimate of drug-likeness (QED) is 0.858. The molecule has 0 saturated heterocycles. The van der Waals surface area contributed by atoms with Crippen LogP contribution in [0.15, 0.2) is 18.2 Å². The molecule has 1 aromatic rings. The van der Waals surface area contributed by atoms with Crippen LogP contribution in [0, 0.1) is 0 Å². The largest absolute Gasteiger partial charge is 0.330 e. The SMILES string of the molecule is CC(C)N1Cc2c(Cl)cccc2C(CN)C1. The highest BCUT2D eigenvalue weighted by Gasteiger charge is 2.26. The van der Waals surface area contributed by atoms with Gasteiger partial charge in [-0.15, -0.1) is 0 Å². The number of rotatable bonds is 2. The molecule has 3 heteroatoms. The molecule has 0 aromatic heterocycles. The van der Waals surface area contributed by atoms with Gasteiger partial charge < -0.3 is 5.73 Å². The Morgan fingerprint density at radius 3 is 2.88 bits per heavy atom. The number of benzene rings is 1. The maximum absolute atomic E-state index is 6.27. The fraction of sp³-hybridized carbons (Fsp3) is 0.538. The van der Waals surface area contributed by atoms with Crippen LogP contribution < -0.4 is 5.73 Å². The van der Waals surface area contributed by atoms with Crippen molar-refractivity contribution in [3.8, 4) is 0 Å². The fourth-order valence-corrected chi connectivity index (χ4v) is 2.61. The lowest BCUT2D eigenvalue weighted by Crippen LogP contribution is -2.40. The second-order valence-corrected chi connectivity index (χ2v) is 5.17. The Morgan fingerprint density at radius 1 is 1.50 bits per heavy atom. The number of hydrogen-bond acceptors (Lipinski definition) is 2. The third-order valence-corrected chi connectivity index (χ3v) is 3.78. The summed E-state index contributed by atoms with van der Waals surface area (Å²) < 4.78 is 0. The van der Waals surface area contributed by atoms with Gasteiger partial charge in [0, 0.05) is 36.6 Å². The number of fused-ring (bicyclic) bond motifs is 1. The molecule has 1 atom stereocenters. The Labute approximate surface area is 102 Å². The van der Waals surface area contributed by atoms with Gasteiger partial charge in [0.15, 0.2) is 0 Å². The molecule has 1 heterocycles. The van der Waals surface area contributed by atoms with Gasteiger partial charge >= 0.3 is 0 Å². The van der Waals surface area contributed by atoms with Crippen molar-refractivity contribution in [2.24, 2.45) is 5.73 Å². The predicted molar refractivity (Wildman–Crippen MR) is 68.8 cm³/mol. The maximum atomic E-state index is 6.27. The Balaban J connectivity index is 2.38. The van der Waals surface area contributed by atoms with Crippen LogP contribution in [-0.4, -0.2) is 24.0 Å². The summed E-state index contributed by atoms with van der Waals surface area (Å²) in [6.45, 7) is 7.12. The van der Waals surface area contributed by atoms with Gasteiger partial charge in [-0.1, -0.05) is 23.7 Å². The minimum atomic E-state index is 0.421. The standard InChI is InChI=1S/C13H19ClN2/c1-9(2)16-7-10(6-15)11-4-3-5-13(14)12(11)8-16/h3-5,9-10H,6-8,15H2,1-2H3. The molecule has 16 heavy (non-hydrogen) atoms. The molecule has 0 radical (unpaired) electrons. The van der Waals surface area contributed by atoms with Crippen molar-refractivity contribution in [3.05, 3.63) is 34.3 Å². The van der Waals surface area contributed by atoms with Crippen molar-refractivity contribution in [2.45, 2.75) is 32.4 Å². The van der Waals surface area contributed by atoms with Crippen LogP contribution in [0.25, 0.3) is 0 Å². The summed E-state index contributed by atoms with van der Waals surface area (Å²) in [5.41, 5.74) is 8.46. The van der Waals surface area contributed by atoms with Gasteiger partial charge in [0.25, 0.3) is 0 Å². The molecule has 0 saturated carbocycles. The van der Waals surface area contributed by atoms with E-state index in [9.17, 15) is 0 Å². The van der Waals surface area contributed by atoms with E-state index < -0.39 is 0 Å². The van der Waals surface area contributed by atoms with Gasteiger partial charge in [-0.2, -0.15) is 0 Å². The topological polar surface area (TPSA) is 29.3 Å². The van der Waals surface area contributed by atoms with Gasteiger partial charge in [-0.25, -0.2) is 0 Å². The predicted octanol–water partition coefficient (Wildman–Crippen LogP) is 2.61. The van der Waals surface area contributed by atoms with Crippen molar-refractivity contribution in [1.29, 1.82) is 0 Å². The monoisotopic (exact) mass is 238 g/mol. The third-order valence-electron chi connectivity index (χ3n) is 3.43. The van der Waals surface area contributed by atoms with E-state index >= 15 is 0 Å². The number of nitrogens with two attached hydrogens (primary N) is 1. The lowest BCUT2D eigenvalue weighted by molar-refractivity contribution is 0.185. The molecule has 2 N–H and O–H groups in total. The Bertz CT molecular complexity index is 376. The zero-order valence-corrected chi connectivity index (χ0v) is 10.7. The molecule has 0 aliphatic carbocycles. The summed E-state index contributed by atoms with van der Waals surface area (Å²) in [5.74, 6) is 0.421. The summed E-state index contributed by atoms with van der Waals surface area (Å²) in [7, 11) is 0. The highest BCUT2D eigenvalue weighted by atomic mass is 35.5. The van der Waals surface area contributed by atoms with Gasteiger partial charge in [-0.05, 0) is 31.0 Å². The van der Waals surface area contributed by atoms with Crippen molar-refractivity contribution < 1.29 is 0 Å². The average molecular weight is 239 g/mol. The molecular weight excluding hydrogens is 220 g/mol. The molecule has 0 spiro atoms. The lowest BCUT2D eigenvalue weighted by atomic mass is 9.89. The molecule has 2 rings (SSSR count). The third kappa shape index (κ3) is 2.10. The summed E-state index contributed by atoms with van der Waals surface area (Å²) in [4.78, 5) is 2.44. The molecular formula is C13H19ClN2. The van der Waals surface area contributed by atoms with Crippen LogP contribution in [-0.2, 0) is 6.54 Å². The van der Waals surface area contributed by atoms with E-state index in [1.807, 2.05) is 12.1 Å². The Morgan fingerprint density at radius 2 is 2.25 bits per heavy atom. The van der Waals surface area contributed by atoms with E-state index in [1.165, 1.54) is 11.1 Å². The minimum Gasteiger partial charge on any atom is -0.330 e. The van der Waals surface area contributed by atoms with E-state index in [1.54, 1.807) is 0 Å². The van der Waals surface area contributed by atoms with Crippen LogP contribution >= 0.6 is 11.6 Å². The molecule has 1 aromatic carbocycles. The van der Waals surface area contributed by atoms with Crippen molar-refractivity contribution in [3.63, 3.8) is 0 Å². The Kier molecular flexibility index (Phi) is 3.53. The van der Waals surface area contributed by atoms with Crippen LogP contribution in [0.3, 0.4) is 0 Å². The molecule has 1 aliphatic heterocycles. The number of nitrogens with zero attached hydrogens (tertiary/aromatic N) is 1. The zero-order chi connectivity index (χ0) is 11.7. The molecule has 1 unspecified atom stereocenters. The van der Waals surface area contributed by atoms with Crippen LogP contribution in [0.5, 0.6) is 0 Å². The molecule has 0 fully saturated rings. The highest BCUT2D eigenvalue weighted by molar-refractivity contribution is 6.31. The van der Waals surface area contributed by atoms with Crippen LogP contribution in [0.1, 0.15) is 30.9 Å². The van der Waals surface area contributed by atoms with Gasteiger partial charge in [0.1, 0.15) is 0 Å². The first-order chi connectivity index (χ1) is 7.63. The van der Waals surface area contributed by atoms with Crippen molar-refractivity contribution >= 4 is 11.6 Å². The maximum Gasteiger partial charge on any atom is 0.0453 e. The summed E-state index contributed by atoms with van der Waals surface area (Å²) in [6.07, 6.45) is 0. The molecule has 1 aliphatic rings. The number of hydrogen-bond donors (Lipinski definition) is 1. The van der Waals surface area contributed by atoms with E-state index in [4.69, 9.17) is 17.3 Å². The van der Waals surface area contributed by atoms with E-state index in [2.05, 4.69) is 24.8 Å². The van der Waals surface area contributed by atoms with Crippen LogP contribution in [0.4, 0.5) is 0 Å². The summed E-state index contributed by atoms with van der Waals surface area (Å²) in [6, 6.07) is 6.70. The smallest absolute Gasteiger partial charge is 0.0453 e. The van der Waals surface area contributed by atoms with E-state index in [-0.39, 0.29) is 0 Å². The molecule has 0 bridgehead atoms. The average Bonchev–Trinajstić information content (AvgIpc) is 2.28. The lowest BCUT2D eigenvalue weighted by Gasteiger charge is -2.37. The first-order valence-corrected chi connectivity index (χ1v) is 6.22. The first kappa shape index (κ1) is 11.9. The fourth-order valence-electron chi connectivity index (χ4n) is 2.37. The van der Waals surface area contributed by atoms with Gasteiger partial charge in [0.05, 0.1) is 0 Å². The van der Waals surface area contributed by atoms with Crippen LogP contribution in [0.2, 0.25) is 5.02 Å². The summed E-state index contributed by atoms with van der Waals surface area (Å²) in [5, 5.41) is 0.876. The first-order valence-electron chi connectivity index (χ1n) is 5.85. The van der Waals surface area contributed by atoms with E-state index in [0.717, 1.165) is 18.1 Å². The normalized spacial score (nSPS) is 21.2. The second-order valence-electron chi connectivity index (χ2n) is 4.76. The number of halogens is 1. The van der Waals surface area contributed by atoms with Crippen molar-refractivity contribution in [2.75, 3.05) is 13.1 Å². The molecule has 88 valence electrons. The van der Waals surface area contributed by atoms with Gasteiger partial charge in [0.2, 0.25) is 0 Å². The zero-order valence-electron chi connectivity index (χ0n) is 9.91. The Hall–Kier alpha value is -0.570. The molecule has 0 amide bonds. The van der Waals surface area contributed by atoms with Gasteiger partial charge in [-0.3, -0.25) is 4.90 Å². The minimum absolute atomic E-state index is 0.421. The van der Waals surface area contributed by atoms with E-state index in [0.29, 0.717) is 18.5 Å².